The van der Waals surface area contributed by atoms with Crippen molar-refractivity contribution in [2.45, 2.75) is 37.6 Å². The molecule has 4 saturated carbocycles. The lowest BCUT2D eigenvalue weighted by Crippen LogP contribution is -2.51. The highest BCUT2D eigenvalue weighted by atomic mass is 32.1. The van der Waals surface area contributed by atoms with Crippen LogP contribution in [0, 0.1) is 17.8 Å². The summed E-state index contributed by atoms with van der Waals surface area (Å²) in [5, 5.41) is 3.89. The van der Waals surface area contributed by atoms with Crippen molar-refractivity contribution < 1.29 is 0 Å². The van der Waals surface area contributed by atoms with Gasteiger partial charge in [0.2, 0.25) is 0 Å². The molecular formula is C10H16N2S. The first-order chi connectivity index (χ1) is 6.18. The van der Waals surface area contributed by atoms with Gasteiger partial charge in [-0.25, -0.2) is 0 Å². The lowest BCUT2D eigenvalue weighted by Gasteiger charge is -2.34. The third kappa shape index (κ3) is 1.03. The maximum Gasteiger partial charge on any atom is 0.164 e. The van der Waals surface area contributed by atoms with E-state index in [4.69, 9.17) is 18.0 Å². The number of nitrogens with one attached hydrogen (secondary N) is 1. The molecule has 0 aromatic heterocycles. The van der Waals surface area contributed by atoms with Crippen LogP contribution in [0.1, 0.15) is 32.1 Å². The van der Waals surface area contributed by atoms with Crippen LogP contribution >= 0.6 is 12.2 Å². The van der Waals surface area contributed by atoms with Gasteiger partial charge in [-0.1, -0.05) is 0 Å². The average Bonchev–Trinajstić information content (AvgIpc) is 2.33. The molecule has 4 rings (SSSR count). The maximum absolute atomic E-state index is 5.60. The van der Waals surface area contributed by atoms with Crippen LogP contribution < -0.4 is 11.1 Å². The van der Waals surface area contributed by atoms with E-state index in [2.05, 4.69) is 5.32 Å². The summed E-state index contributed by atoms with van der Waals surface area (Å²) in [6.07, 6.45) is 6.96. The first kappa shape index (κ1) is 8.04. The topological polar surface area (TPSA) is 38.0 Å². The van der Waals surface area contributed by atoms with E-state index < -0.39 is 0 Å². The molecule has 3 heteroatoms. The maximum atomic E-state index is 5.60. The molecule has 72 valence electrons. The van der Waals surface area contributed by atoms with E-state index >= 15 is 0 Å². The van der Waals surface area contributed by atoms with E-state index in [-0.39, 0.29) is 0 Å². The highest BCUT2D eigenvalue weighted by Gasteiger charge is 2.57. The van der Waals surface area contributed by atoms with Crippen molar-refractivity contribution in [1.82, 2.24) is 5.32 Å². The van der Waals surface area contributed by atoms with Gasteiger partial charge in [-0.05, 0) is 62.1 Å². The van der Waals surface area contributed by atoms with Crippen LogP contribution in [0.5, 0.6) is 0 Å². The minimum Gasteiger partial charge on any atom is -0.376 e. The van der Waals surface area contributed by atoms with E-state index in [0.29, 0.717) is 10.7 Å². The molecule has 4 aliphatic carbocycles. The number of rotatable bonds is 1. The Morgan fingerprint density at radius 3 is 2.38 bits per heavy atom. The van der Waals surface area contributed by atoms with E-state index in [1.54, 1.807) is 0 Å². The lowest BCUT2D eigenvalue weighted by molar-refractivity contribution is 0.256. The fraction of sp³-hybridized carbons (Fsp3) is 0.900. The molecule has 0 spiro atoms. The summed E-state index contributed by atoms with van der Waals surface area (Å²) in [7, 11) is 0. The van der Waals surface area contributed by atoms with Gasteiger partial charge in [0.05, 0.1) is 0 Å². The summed E-state index contributed by atoms with van der Waals surface area (Å²) in [5.41, 5.74) is 5.94. The first-order valence-electron chi connectivity index (χ1n) is 5.25. The Bertz CT molecular complexity index is 250. The molecule has 0 amide bonds. The van der Waals surface area contributed by atoms with Crippen molar-refractivity contribution in [3.8, 4) is 0 Å². The second-order valence-electron chi connectivity index (χ2n) is 5.19. The van der Waals surface area contributed by atoms with Crippen molar-refractivity contribution in [3.05, 3.63) is 0 Å². The Kier molecular flexibility index (Phi) is 1.47. The van der Waals surface area contributed by atoms with Crippen molar-refractivity contribution in [3.63, 3.8) is 0 Å². The van der Waals surface area contributed by atoms with Gasteiger partial charge in [0.25, 0.3) is 0 Å². The summed E-state index contributed by atoms with van der Waals surface area (Å²) in [4.78, 5) is 0. The SMILES string of the molecule is NC(=S)NC12CC3CC(CC1C3)C2. The van der Waals surface area contributed by atoms with Crippen molar-refractivity contribution in [2.75, 3.05) is 0 Å². The normalized spacial score (nSPS) is 51.2. The quantitative estimate of drug-likeness (QED) is 0.623. The third-order valence-electron chi connectivity index (χ3n) is 4.36. The summed E-state index contributed by atoms with van der Waals surface area (Å²) < 4.78 is 0. The Morgan fingerprint density at radius 2 is 1.85 bits per heavy atom. The zero-order valence-corrected chi connectivity index (χ0v) is 8.57. The highest BCUT2D eigenvalue weighted by molar-refractivity contribution is 7.80. The standard InChI is InChI=1S/C10H16N2S/c11-9(13)12-10-4-6-1-7(5-10)3-8(10)2-6/h6-8H,1-5H2,(H3,11,12,13). The Hall–Kier alpha value is -0.310. The molecule has 4 aliphatic rings. The zero-order valence-electron chi connectivity index (χ0n) is 7.75. The lowest BCUT2D eigenvalue weighted by atomic mass is 9.80. The predicted octanol–water partition coefficient (Wildman–Crippen LogP) is 1.40. The molecule has 0 aromatic rings. The number of hydrogen-bond acceptors (Lipinski definition) is 1. The molecule has 4 bridgehead atoms. The highest BCUT2D eigenvalue weighted by Crippen LogP contribution is 2.60. The van der Waals surface area contributed by atoms with Gasteiger partial charge in [0.1, 0.15) is 0 Å². The molecule has 4 fully saturated rings. The zero-order chi connectivity index (χ0) is 9.05. The molecule has 2 atom stereocenters. The van der Waals surface area contributed by atoms with Crippen molar-refractivity contribution in [2.24, 2.45) is 23.5 Å². The minimum absolute atomic E-state index is 0.333. The van der Waals surface area contributed by atoms with Crippen LogP contribution in [0.4, 0.5) is 0 Å². The van der Waals surface area contributed by atoms with E-state index in [1.807, 2.05) is 0 Å². The van der Waals surface area contributed by atoms with Gasteiger partial charge >= 0.3 is 0 Å². The van der Waals surface area contributed by atoms with Crippen LogP contribution in [-0.2, 0) is 0 Å². The first-order valence-corrected chi connectivity index (χ1v) is 5.66. The fourth-order valence-corrected chi connectivity index (χ4v) is 4.45. The molecule has 0 aromatic carbocycles. The molecule has 2 nitrogen and oxygen atoms in total. The molecular weight excluding hydrogens is 180 g/mol. The van der Waals surface area contributed by atoms with Crippen LogP contribution in [0.15, 0.2) is 0 Å². The van der Waals surface area contributed by atoms with Crippen LogP contribution in [-0.4, -0.2) is 10.7 Å². The van der Waals surface area contributed by atoms with E-state index in [9.17, 15) is 0 Å². The summed E-state index contributed by atoms with van der Waals surface area (Å²) in [6, 6.07) is 0. The second kappa shape index (κ2) is 2.38. The minimum atomic E-state index is 0.333. The fourth-order valence-electron chi connectivity index (χ4n) is 4.25. The summed E-state index contributed by atoms with van der Waals surface area (Å²) in [5.74, 6) is 2.82. The Balaban J connectivity index is 1.88. The molecule has 0 heterocycles. The van der Waals surface area contributed by atoms with E-state index in [0.717, 1.165) is 17.8 Å². The van der Waals surface area contributed by atoms with Crippen LogP contribution in [0.3, 0.4) is 0 Å². The van der Waals surface area contributed by atoms with Gasteiger partial charge in [-0.15, -0.1) is 0 Å². The smallest absolute Gasteiger partial charge is 0.164 e. The van der Waals surface area contributed by atoms with Crippen LogP contribution in [0.2, 0.25) is 0 Å². The van der Waals surface area contributed by atoms with E-state index in [1.165, 1.54) is 32.1 Å². The van der Waals surface area contributed by atoms with Gasteiger partial charge in [-0.3, -0.25) is 0 Å². The second-order valence-corrected chi connectivity index (χ2v) is 5.63. The molecule has 0 aliphatic heterocycles. The molecule has 2 unspecified atom stereocenters. The monoisotopic (exact) mass is 196 g/mol. The average molecular weight is 196 g/mol. The largest absolute Gasteiger partial charge is 0.376 e. The summed E-state index contributed by atoms with van der Waals surface area (Å²) >= 11 is 4.97. The van der Waals surface area contributed by atoms with Gasteiger partial charge < -0.3 is 11.1 Å². The Morgan fingerprint density at radius 1 is 1.23 bits per heavy atom. The van der Waals surface area contributed by atoms with Gasteiger partial charge in [-0.2, -0.15) is 0 Å². The third-order valence-corrected chi connectivity index (χ3v) is 4.46. The number of thiocarbonyl (C=S) groups is 1. The Labute approximate surface area is 84.3 Å². The van der Waals surface area contributed by atoms with Crippen molar-refractivity contribution >= 4 is 17.3 Å². The number of hydrogen-bond donors (Lipinski definition) is 2. The molecule has 3 N–H and O–H groups in total. The number of nitrogens with two attached hydrogens (primary N) is 1. The predicted molar refractivity (Wildman–Crippen MR) is 56.2 cm³/mol. The molecule has 0 radical (unpaired) electrons. The van der Waals surface area contributed by atoms with Gasteiger partial charge in [0.15, 0.2) is 5.11 Å². The van der Waals surface area contributed by atoms with Crippen LogP contribution in [0.25, 0.3) is 0 Å². The molecule has 0 saturated heterocycles. The van der Waals surface area contributed by atoms with Gasteiger partial charge in [0, 0.05) is 5.54 Å². The summed E-state index contributed by atoms with van der Waals surface area (Å²) in [6.45, 7) is 0. The molecule has 13 heavy (non-hydrogen) atoms. The van der Waals surface area contributed by atoms with Crippen molar-refractivity contribution in [1.29, 1.82) is 0 Å².